The third-order valence-electron chi connectivity index (χ3n) is 2.76. The van der Waals surface area contributed by atoms with Crippen molar-refractivity contribution in [2.24, 2.45) is 0 Å². The summed E-state index contributed by atoms with van der Waals surface area (Å²) in [5.41, 5.74) is -0.947. The molecule has 0 radical (unpaired) electrons. The summed E-state index contributed by atoms with van der Waals surface area (Å²) >= 11 is -3.84. The maximum atomic E-state index is 6.49. The molecule has 5 nitrogen and oxygen atoms in total. The van der Waals surface area contributed by atoms with Crippen molar-refractivity contribution in [1.82, 2.24) is 0 Å². The molecule has 0 unspecified atom stereocenters. The predicted molar refractivity (Wildman–Crippen MR) is 93.4 cm³/mol. The van der Waals surface area contributed by atoms with Crippen molar-refractivity contribution in [2.45, 2.75) is 96.3 Å². The van der Waals surface area contributed by atoms with E-state index in [1.54, 1.807) is 0 Å². The van der Waals surface area contributed by atoms with Gasteiger partial charge in [-0.05, 0) is 0 Å². The Balaban J connectivity index is 2.98. The van der Waals surface area contributed by atoms with Gasteiger partial charge in [0.15, 0.2) is 0 Å². The normalized spacial score (nSPS) is 18.7. The summed E-state index contributed by atoms with van der Waals surface area (Å²) in [4.78, 5) is 0. The van der Waals surface area contributed by atoms with Crippen LogP contribution in [0.2, 0.25) is 4.44 Å². The van der Waals surface area contributed by atoms with Gasteiger partial charge in [-0.1, -0.05) is 0 Å². The zero-order chi connectivity index (χ0) is 17.9. The average Bonchev–Trinajstić information content (AvgIpc) is 2.70. The summed E-state index contributed by atoms with van der Waals surface area (Å²) in [7, 11) is 0. The Kier molecular flexibility index (Phi) is 7.41. The van der Waals surface area contributed by atoms with E-state index in [-0.39, 0.29) is 23.1 Å². The average molecular weight is 439 g/mol. The summed E-state index contributed by atoms with van der Waals surface area (Å²) < 4.78 is 31.4. The van der Waals surface area contributed by atoms with Crippen LogP contribution in [0.25, 0.3) is 0 Å². The molecule has 0 bridgehead atoms. The van der Waals surface area contributed by atoms with E-state index in [2.05, 4.69) is 62.3 Å². The van der Waals surface area contributed by atoms with Crippen LogP contribution in [0.1, 0.15) is 68.7 Å². The van der Waals surface area contributed by atoms with E-state index in [4.69, 9.17) is 18.7 Å². The minimum absolute atomic E-state index is 0.165. The van der Waals surface area contributed by atoms with Crippen LogP contribution in [0, 0.1) is 0 Å². The molecule has 6 heteroatoms. The Bertz CT molecular complexity index is 318. The SMILES string of the molecule is CC(C)(C)[O][Sn]([CH2]CC1OCCO1)([O]C(C)(C)C)[O]C(C)(C)C. The molecule has 1 fully saturated rings. The van der Waals surface area contributed by atoms with Crippen molar-refractivity contribution in [1.29, 1.82) is 0 Å². The van der Waals surface area contributed by atoms with Crippen LogP contribution >= 0.6 is 0 Å². The zero-order valence-electron chi connectivity index (χ0n) is 16.4. The molecule has 1 rings (SSSR count). The summed E-state index contributed by atoms with van der Waals surface area (Å²) in [6.07, 6.45) is 0.583. The Labute approximate surface area is 147 Å². The van der Waals surface area contributed by atoms with Gasteiger partial charge in [0.2, 0.25) is 0 Å². The summed E-state index contributed by atoms with van der Waals surface area (Å²) in [5, 5.41) is 0. The fourth-order valence-electron chi connectivity index (χ4n) is 2.48. The molecule has 0 atom stereocenters. The first-order valence-corrected chi connectivity index (χ1v) is 14.0. The monoisotopic (exact) mass is 440 g/mol. The molecule has 0 amide bonds. The Morgan fingerprint density at radius 2 is 1.09 bits per heavy atom. The number of ether oxygens (including phenoxy) is 2. The third-order valence-corrected chi connectivity index (χ3v) is 13.2. The van der Waals surface area contributed by atoms with Gasteiger partial charge in [0.05, 0.1) is 0 Å². The van der Waals surface area contributed by atoms with E-state index in [1.807, 2.05) is 0 Å². The van der Waals surface area contributed by atoms with Crippen LogP contribution in [0.3, 0.4) is 0 Å². The van der Waals surface area contributed by atoms with E-state index in [0.29, 0.717) is 13.2 Å². The van der Waals surface area contributed by atoms with Crippen LogP contribution in [0.5, 0.6) is 0 Å². The van der Waals surface area contributed by atoms with Crippen molar-refractivity contribution in [2.75, 3.05) is 13.2 Å². The first-order chi connectivity index (χ1) is 10.2. The first-order valence-electron chi connectivity index (χ1n) is 8.54. The molecule has 1 aliphatic heterocycles. The summed E-state index contributed by atoms with van der Waals surface area (Å²) in [5.74, 6) is 0. The maximum absolute atomic E-state index is 6.49. The zero-order valence-corrected chi connectivity index (χ0v) is 19.3. The van der Waals surface area contributed by atoms with E-state index < -0.39 is 19.6 Å². The fraction of sp³-hybridized carbons (Fsp3) is 1.00. The molecule has 0 N–H and O–H groups in total. The second-order valence-corrected chi connectivity index (χ2v) is 16.1. The molecule has 0 aromatic heterocycles. The van der Waals surface area contributed by atoms with Gasteiger partial charge in [-0.25, -0.2) is 0 Å². The van der Waals surface area contributed by atoms with Crippen molar-refractivity contribution in [3.05, 3.63) is 0 Å². The van der Waals surface area contributed by atoms with Gasteiger partial charge in [-0.2, -0.15) is 0 Å². The van der Waals surface area contributed by atoms with Gasteiger partial charge in [0.1, 0.15) is 0 Å². The van der Waals surface area contributed by atoms with Crippen molar-refractivity contribution >= 4 is 19.6 Å². The molecule has 1 saturated heterocycles. The van der Waals surface area contributed by atoms with Crippen LogP contribution in [0.4, 0.5) is 0 Å². The molecule has 0 aromatic rings. The van der Waals surface area contributed by atoms with E-state index in [0.717, 1.165) is 10.9 Å². The van der Waals surface area contributed by atoms with Crippen LogP contribution < -0.4 is 0 Å². The Morgan fingerprint density at radius 3 is 1.39 bits per heavy atom. The number of hydrogen-bond donors (Lipinski definition) is 0. The van der Waals surface area contributed by atoms with Crippen molar-refractivity contribution < 1.29 is 18.7 Å². The molecule has 0 aromatic carbocycles. The van der Waals surface area contributed by atoms with Crippen LogP contribution in [-0.4, -0.2) is 55.9 Å². The van der Waals surface area contributed by atoms with E-state index in [1.165, 1.54) is 0 Å². The summed E-state index contributed by atoms with van der Waals surface area (Å²) in [6, 6.07) is 0. The number of rotatable bonds is 6. The predicted octanol–water partition coefficient (Wildman–Crippen LogP) is 4.13. The second kappa shape index (κ2) is 7.87. The van der Waals surface area contributed by atoms with Crippen LogP contribution in [-0.2, 0) is 18.7 Å². The van der Waals surface area contributed by atoms with Crippen molar-refractivity contribution in [3.63, 3.8) is 0 Å². The third kappa shape index (κ3) is 9.60. The summed E-state index contributed by atoms with van der Waals surface area (Å²) in [6.45, 7) is 19.8. The van der Waals surface area contributed by atoms with Gasteiger partial charge < -0.3 is 0 Å². The van der Waals surface area contributed by atoms with E-state index in [9.17, 15) is 0 Å². The van der Waals surface area contributed by atoms with Gasteiger partial charge in [-0.15, -0.1) is 0 Å². The Morgan fingerprint density at radius 1 is 0.739 bits per heavy atom. The molecule has 138 valence electrons. The topological polar surface area (TPSA) is 46.2 Å². The fourth-order valence-corrected chi connectivity index (χ4v) is 13.4. The molecule has 0 aliphatic carbocycles. The van der Waals surface area contributed by atoms with E-state index >= 15 is 0 Å². The van der Waals surface area contributed by atoms with Crippen LogP contribution in [0.15, 0.2) is 0 Å². The van der Waals surface area contributed by atoms with Gasteiger partial charge in [0, 0.05) is 0 Å². The Hall–Kier alpha value is 0.599. The molecular formula is C17H36O5Sn. The molecule has 1 aliphatic rings. The molecular weight excluding hydrogens is 403 g/mol. The second-order valence-electron chi connectivity index (χ2n) is 9.04. The van der Waals surface area contributed by atoms with Gasteiger partial charge in [-0.3, -0.25) is 0 Å². The van der Waals surface area contributed by atoms with Crippen molar-refractivity contribution in [3.8, 4) is 0 Å². The quantitative estimate of drug-likeness (QED) is 0.583. The minimum atomic E-state index is -3.84. The molecule has 0 saturated carbocycles. The first kappa shape index (κ1) is 21.6. The van der Waals surface area contributed by atoms with Gasteiger partial charge in [0.25, 0.3) is 0 Å². The molecule has 1 heterocycles. The number of hydrogen-bond acceptors (Lipinski definition) is 5. The molecule has 0 spiro atoms. The van der Waals surface area contributed by atoms with Gasteiger partial charge >= 0.3 is 148 Å². The standard InChI is InChI=1S/C5H9O2.3C4H9O.Sn/c1-2-5-6-3-4-7-5;3*1-4(2,3)5;/h5H,1-4H2;3*1-3H3;/q;3*-1;+3. The molecule has 23 heavy (non-hydrogen) atoms.